The zero-order chi connectivity index (χ0) is 13.0. The Bertz CT molecular complexity index is 275. The van der Waals surface area contributed by atoms with E-state index in [1.54, 1.807) is 0 Å². The molecule has 0 heterocycles. The molecule has 2 fully saturated rings. The molecule has 2 rings (SSSR count). The van der Waals surface area contributed by atoms with Crippen molar-refractivity contribution in [2.45, 2.75) is 63.6 Å². The highest BCUT2D eigenvalue weighted by atomic mass is 16.5. The van der Waals surface area contributed by atoms with Crippen molar-refractivity contribution in [3.8, 4) is 0 Å². The van der Waals surface area contributed by atoms with Crippen molar-refractivity contribution in [2.24, 2.45) is 0 Å². The van der Waals surface area contributed by atoms with E-state index in [2.05, 4.69) is 17.1 Å². The Morgan fingerprint density at radius 2 is 2.11 bits per heavy atom. The zero-order valence-electron chi connectivity index (χ0n) is 11.7. The summed E-state index contributed by atoms with van der Waals surface area (Å²) in [6.45, 7) is 4.14. The lowest BCUT2D eigenvalue weighted by atomic mass is 10.2. The van der Waals surface area contributed by atoms with Crippen LogP contribution in [0, 0.1) is 0 Å². The number of hydrogen-bond acceptors (Lipinski definition) is 4. The standard InChI is InChI=1S/C14H26N2O2/c1-3-4-9-16(12-7-8-12)10-13(14(17)18-2)15-11-5-6-11/h11-13,15H,3-10H2,1-2H3. The molecule has 18 heavy (non-hydrogen) atoms. The number of nitrogens with zero attached hydrogens (tertiary/aromatic N) is 1. The van der Waals surface area contributed by atoms with Gasteiger partial charge in [-0.3, -0.25) is 9.69 Å². The van der Waals surface area contributed by atoms with Gasteiger partial charge in [0.2, 0.25) is 0 Å². The van der Waals surface area contributed by atoms with Gasteiger partial charge in [0.25, 0.3) is 0 Å². The summed E-state index contributed by atoms with van der Waals surface area (Å²) in [7, 11) is 1.48. The van der Waals surface area contributed by atoms with Crippen LogP contribution in [0.25, 0.3) is 0 Å². The molecular weight excluding hydrogens is 228 g/mol. The Morgan fingerprint density at radius 3 is 2.61 bits per heavy atom. The number of rotatable bonds is 9. The topological polar surface area (TPSA) is 41.6 Å². The van der Waals surface area contributed by atoms with E-state index >= 15 is 0 Å². The first-order valence-electron chi connectivity index (χ1n) is 7.32. The van der Waals surface area contributed by atoms with Crippen LogP contribution in [0.5, 0.6) is 0 Å². The van der Waals surface area contributed by atoms with Crippen molar-refractivity contribution in [2.75, 3.05) is 20.2 Å². The van der Waals surface area contributed by atoms with E-state index < -0.39 is 0 Å². The first kappa shape index (κ1) is 13.8. The largest absolute Gasteiger partial charge is 0.468 e. The zero-order valence-corrected chi connectivity index (χ0v) is 11.7. The van der Waals surface area contributed by atoms with Crippen molar-refractivity contribution in [3.63, 3.8) is 0 Å². The minimum atomic E-state index is -0.139. The molecule has 2 saturated carbocycles. The van der Waals surface area contributed by atoms with Gasteiger partial charge < -0.3 is 10.1 Å². The molecule has 0 bridgehead atoms. The van der Waals surface area contributed by atoms with Gasteiger partial charge in [-0.15, -0.1) is 0 Å². The molecule has 1 N–H and O–H groups in total. The van der Waals surface area contributed by atoms with Gasteiger partial charge in [0.05, 0.1) is 7.11 Å². The number of unbranched alkanes of at least 4 members (excludes halogenated alkanes) is 1. The predicted octanol–water partition coefficient (Wildman–Crippen LogP) is 1.54. The number of hydrogen-bond donors (Lipinski definition) is 1. The molecule has 4 nitrogen and oxygen atoms in total. The molecule has 0 aromatic heterocycles. The molecule has 1 atom stereocenters. The Balaban J connectivity index is 1.84. The second-order valence-corrected chi connectivity index (χ2v) is 5.60. The molecule has 104 valence electrons. The monoisotopic (exact) mass is 254 g/mol. The van der Waals surface area contributed by atoms with Gasteiger partial charge in [0.1, 0.15) is 6.04 Å². The molecule has 0 saturated heterocycles. The average Bonchev–Trinajstić information content (AvgIpc) is 3.24. The van der Waals surface area contributed by atoms with Gasteiger partial charge in [0.15, 0.2) is 0 Å². The number of nitrogens with one attached hydrogen (secondary N) is 1. The third-order valence-electron chi connectivity index (χ3n) is 3.78. The summed E-state index contributed by atoms with van der Waals surface area (Å²) in [5.41, 5.74) is 0. The van der Waals surface area contributed by atoms with Crippen molar-refractivity contribution in [1.29, 1.82) is 0 Å². The number of carbonyl (C=O) groups excluding carboxylic acids is 1. The van der Waals surface area contributed by atoms with Crippen LogP contribution >= 0.6 is 0 Å². The fraction of sp³-hybridized carbons (Fsp3) is 0.929. The predicted molar refractivity (Wildman–Crippen MR) is 71.5 cm³/mol. The Morgan fingerprint density at radius 1 is 1.39 bits per heavy atom. The van der Waals surface area contributed by atoms with Crippen LogP contribution in [0.3, 0.4) is 0 Å². The second-order valence-electron chi connectivity index (χ2n) is 5.60. The summed E-state index contributed by atoms with van der Waals surface area (Å²) in [6, 6.07) is 1.12. The number of carbonyl (C=O) groups is 1. The highest BCUT2D eigenvalue weighted by molar-refractivity contribution is 5.76. The molecule has 2 aliphatic carbocycles. The van der Waals surface area contributed by atoms with E-state index in [0.717, 1.165) is 13.1 Å². The van der Waals surface area contributed by atoms with Gasteiger partial charge in [-0.1, -0.05) is 13.3 Å². The Kier molecular flexibility index (Phi) is 5.01. The molecule has 0 aromatic rings. The lowest BCUT2D eigenvalue weighted by molar-refractivity contribution is -0.143. The summed E-state index contributed by atoms with van der Waals surface area (Å²) in [5.74, 6) is -0.107. The lowest BCUT2D eigenvalue weighted by Crippen LogP contribution is -2.48. The van der Waals surface area contributed by atoms with Crippen LogP contribution in [0.15, 0.2) is 0 Å². The molecule has 0 amide bonds. The van der Waals surface area contributed by atoms with Crippen LogP contribution in [0.4, 0.5) is 0 Å². The maximum atomic E-state index is 11.8. The molecule has 0 spiro atoms. The van der Waals surface area contributed by atoms with E-state index in [0.29, 0.717) is 12.1 Å². The quantitative estimate of drug-likeness (QED) is 0.634. The minimum Gasteiger partial charge on any atom is -0.468 e. The Labute approximate surface area is 110 Å². The first-order chi connectivity index (χ1) is 8.74. The maximum absolute atomic E-state index is 11.8. The van der Waals surface area contributed by atoms with Gasteiger partial charge in [-0.2, -0.15) is 0 Å². The smallest absolute Gasteiger partial charge is 0.324 e. The van der Waals surface area contributed by atoms with Crippen molar-refractivity contribution >= 4 is 5.97 Å². The summed E-state index contributed by atoms with van der Waals surface area (Å²) in [5, 5.41) is 3.41. The summed E-state index contributed by atoms with van der Waals surface area (Å²) >= 11 is 0. The van der Waals surface area contributed by atoms with Crippen LogP contribution in [0.2, 0.25) is 0 Å². The van der Waals surface area contributed by atoms with Gasteiger partial charge in [-0.25, -0.2) is 0 Å². The van der Waals surface area contributed by atoms with Crippen LogP contribution in [0.1, 0.15) is 45.4 Å². The van der Waals surface area contributed by atoms with Gasteiger partial charge >= 0.3 is 5.97 Å². The number of methoxy groups -OCH3 is 1. The molecule has 0 aliphatic heterocycles. The van der Waals surface area contributed by atoms with E-state index in [-0.39, 0.29) is 12.0 Å². The number of esters is 1. The van der Waals surface area contributed by atoms with E-state index in [1.165, 1.54) is 45.6 Å². The third kappa shape index (κ3) is 4.25. The van der Waals surface area contributed by atoms with Gasteiger partial charge in [-0.05, 0) is 38.6 Å². The Hall–Kier alpha value is -0.610. The normalized spacial score (nSPS) is 21.1. The average molecular weight is 254 g/mol. The van der Waals surface area contributed by atoms with Crippen LogP contribution < -0.4 is 5.32 Å². The van der Waals surface area contributed by atoms with Crippen LogP contribution in [-0.4, -0.2) is 49.2 Å². The van der Waals surface area contributed by atoms with E-state index in [9.17, 15) is 4.79 Å². The third-order valence-corrected chi connectivity index (χ3v) is 3.78. The van der Waals surface area contributed by atoms with E-state index in [1.807, 2.05) is 0 Å². The molecular formula is C14H26N2O2. The summed E-state index contributed by atoms with van der Waals surface area (Å²) in [6.07, 6.45) is 7.41. The van der Waals surface area contributed by atoms with Crippen molar-refractivity contribution < 1.29 is 9.53 Å². The fourth-order valence-corrected chi connectivity index (χ4v) is 2.33. The molecule has 1 unspecified atom stereocenters. The molecule has 4 heteroatoms. The van der Waals surface area contributed by atoms with Crippen LogP contribution in [-0.2, 0) is 9.53 Å². The number of ether oxygens (including phenoxy) is 1. The minimum absolute atomic E-state index is 0.107. The van der Waals surface area contributed by atoms with Gasteiger partial charge in [0, 0.05) is 18.6 Å². The second kappa shape index (κ2) is 6.53. The van der Waals surface area contributed by atoms with E-state index in [4.69, 9.17) is 4.74 Å². The SMILES string of the molecule is CCCCN(CC(NC1CC1)C(=O)OC)C1CC1. The fourth-order valence-electron chi connectivity index (χ4n) is 2.33. The molecule has 0 aromatic carbocycles. The van der Waals surface area contributed by atoms with Crippen molar-refractivity contribution in [1.82, 2.24) is 10.2 Å². The summed E-state index contributed by atoms with van der Waals surface area (Å²) in [4.78, 5) is 14.3. The summed E-state index contributed by atoms with van der Waals surface area (Å²) < 4.78 is 4.92. The lowest BCUT2D eigenvalue weighted by Gasteiger charge is -2.26. The first-order valence-corrected chi connectivity index (χ1v) is 7.32. The molecule has 2 aliphatic rings. The molecule has 0 radical (unpaired) electrons. The van der Waals surface area contributed by atoms with Crippen molar-refractivity contribution in [3.05, 3.63) is 0 Å². The highest BCUT2D eigenvalue weighted by Crippen LogP contribution is 2.28. The maximum Gasteiger partial charge on any atom is 0.324 e. The highest BCUT2D eigenvalue weighted by Gasteiger charge is 2.34.